The third-order valence-corrected chi connectivity index (χ3v) is 5.28. The summed E-state index contributed by atoms with van der Waals surface area (Å²) < 4.78 is 31.9. The van der Waals surface area contributed by atoms with E-state index in [1.54, 1.807) is 38.4 Å². The summed E-state index contributed by atoms with van der Waals surface area (Å²) in [6, 6.07) is 3.56. The monoisotopic (exact) mass is 310 g/mol. The average molecular weight is 310 g/mol. The number of aromatic nitrogens is 1. The van der Waals surface area contributed by atoms with Gasteiger partial charge >= 0.3 is 0 Å². The summed E-state index contributed by atoms with van der Waals surface area (Å²) in [6.07, 6.45) is 3.25. The summed E-state index contributed by atoms with van der Waals surface area (Å²) in [6.45, 7) is 3.04. The standard InChI is InChI=1S/C14H18N2O4S/c1-10-13(9-17)14(11(2)20-10)21(18,19)16(3)8-12-5-4-6-15-7-12/h4-7,17H,8-9H2,1-3H3. The molecule has 0 aromatic carbocycles. The zero-order valence-corrected chi connectivity index (χ0v) is 13.0. The van der Waals surface area contributed by atoms with E-state index in [9.17, 15) is 13.5 Å². The molecular weight excluding hydrogens is 292 g/mol. The van der Waals surface area contributed by atoms with Crippen LogP contribution in [0.2, 0.25) is 0 Å². The lowest BCUT2D eigenvalue weighted by Crippen LogP contribution is -2.27. The molecular formula is C14H18N2O4S. The number of hydrogen-bond acceptors (Lipinski definition) is 5. The predicted octanol–water partition coefficient (Wildman–Crippen LogP) is 1.60. The predicted molar refractivity (Wildman–Crippen MR) is 77.0 cm³/mol. The molecule has 0 radical (unpaired) electrons. The number of nitrogens with zero attached hydrogens (tertiary/aromatic N) is 2. The highest BCUT2D eigenvalue weighted by Crippen LogP contribution is 2.29. The number of pyridine rings is 1. The molecule has 114 valence electrons. The fourth-order valence-corrected chi connectivity index (χ4v) is 3.78. The maximum absolute atomic E-state index is 12.7. The normalized spacial score (nSPS) is 12.0. The summed E-state index contributed by atoms with van der Waals surface area (Å²) in [5.74, 6) is 0.706. The molecule has 21 heavy (non-hydrogen) atoms. The van der Waals surface area contributed by atoms with Gasteiger partial charge in [0.2, 0.25) is 10.0 Å². The molecule has 0 amide bonds. The first-order chi connectivity index (χ1) is 9.87. The van der Waals surface area contributed by atoms with E-state index in [2.05, 4.69) is 4.98 Å². The fourth-order valence-electron chi connectivity index (χ4n) is 2.22. The van der Waals surface area contributed by atoms with Gasteiger partial charge in [0.25, 0.3) is 0 Å². The summed E-state index contributed by atoms with van der Waals surface area (Å²) in [4.78, 5) is 4.02. The minimum Gasteiger partial charge on any atom is -0.465 e. The summed E-state index contributed by atoms with van der Waals surface area (Å²) >= 11 is 0. The van der Waals surface area contributed by atoms with E-state index in [-0.39, 0.29) is 23.8 Å². The van der Waals surface area contributed by atoms with E-state index in [0.717, 1.165) is 5.56 Å². The van der Waals surface area contributed by atoms with Crippen LogP contribution in [-0.2, 0) is 23.2 Å². The zero-order chi connectivity index (χ0) is 15.6. The number of sulfonamides is 1. The van der Waals surface area contributed by atoms with Crippen LogP contribution in [0, 0.1) is 13.8 Å². The molecule has 0 saturated heterocycles. The fraction of sp³-hybridized carbons (Fsp3) is 0.357. The first-order valence-electron chi connectivity index (χ1n) is 6.43. The van der Waals surface area contributed by atoms with E-state index in [1.165, 1.54) is 11.4 Å². The molecule has 2 aromatic heterocycles. The van der Waals surface area contributed by atoms with Crippen molar-refractivity contribution in [3.63, 3.8) is 0 Å². The minimum atomic E-state index is -3.74. The molecule has 1 N–H and O–H groups in total. The van der Waals surface area contributed by atoms with Crippen molar-refractivity contribution < 1.29 is 17.9 Å². The molecule has 0 unspecified atom stereocenters. The van der Waals surface area contributed by atoms with Crippen molar-refractivity contribution in [2.45, 2.75) is 31.9 Å². The molecule has 0 aliphatic carbocycles. The third-order valence-electron chi connectivity index (χ3n) is 3.28. The maximum Gasteiger partial charge on any atom is 0.246 e. The summed E-state index contributed by atoms with van der Waals surface area (Å²) in [7, 11) is -2.25. The minimum absolute atomic E-state index is 0.0499. The van der Waals surface area contributed by atoms with Crippen molar-refractivity contribution in [3.05, 3.63) is 47.2 Å². The van der Waals surface area contributed by atoms with Crippen LogP contribution in [-0.4, -0.2) is 29.9 Å². The Balaban J connectivity index is 2.38. The Morgan fingerprint density at radius 2 is 2.05 bits per heavy atom. The molecule has 0 bridgehead atoms. The Bertz CT molecular complexity index is 723. The van der Waals surface area contributed by atoms with Gasteiger partial charge in [-0.2, -0.15) is 4.31 Å². The molecule has 2 rings (SSSR count). The van der Waals surface area contributed by atoms with Gasteiger partial charge in [-0.1, -0.05) is 6.07 Å². The number of furan rings is 1. The van der Waals surface area contributed by atoms with Crippen molar-refractivity contribution in [2.24, 2.45) is 0 Å². The van der Waals surface area contributed by atoms with E-state index < -0.39 is 10.0 Å². The van der Waals surface area contributed by atoms with Crippen molar-refractivity contribution in [1.29, 1.82) is 0 Å². The van der Waals surface area contributed by atoms with Gasteiger partial charge in [0, 0.05) is 31.5 Å². The number of aliphatic hydroxyl groups is 1. The van der Waals surface area contributed by atoms with E-state index in [1.807, 2.05) is 0 Å². The zero-order valence-electron chi connectivity index (χ0n) is 12.2. The van der Waals surface area contributed by atoms with Crippen molar-refractivity contribution in [3.8, 4) is 0 Å². The largest absolute Gasteiger partial charge is 0.465 e. The van der Waals surface area contributed by atoms with Gasteiger partial charge < -0.3 is 9.52 Å². The first-order valence-corrected chi connectivity index (χ1v) is 7.87. The van der Waals surface area contributed by atoms with Crippen LogP contribution in [0.1, 0.15) is 22.6 Å². The SMILES string of the molecule is Cc1oc(C)c(S(=O)(=O)N(C)Cc2cccnc2)c1CO. The van der Waals surface area contributed by atoms with Gasteiger partial charge in [0.05, 0.1) is 6.61 Å². The van der Waals surface area contributed by atoms with Crippen molar-refractivity contribution in [1.82, 2.24) is 9.29 Å². The number of aryl methyl sites for hydroxylation is 2. The third kappa shape index (κ3) is 2.99. The maximum atomic E-state index is 12.7. The smallest absolute Gasteiger partial charge is 0.246 e. The summed E-state index contributed by atoms with van der Waals surface area (Å²) in [5, 5.41) is 9.39. The lowest BCUT2D eigenvalue weighted by Gasteiger charge is -2.17. The van der Waals surface area contributed by atoms with Gasteiger partial charge in [-0.05, 0) is 25.5 Å². The Kier molecular flexibility index (Phi) is 4.46. The molecule has 7 heteroatoms. The number of aliphatic hydroxyl groups excluding tert-OH is 1. The average Bonchev–Trinajstić information content (AvgIpc) is 2.74. The number of hydrogen-bond donors (Lipinski definition) is 1. The highest BCUT2D eigenvalue weighted by molar-refractivity contribution is 7.89. The Labute approximate surface area is 124 Å². The molecule has 0 spiro atoms. The summed E-state index contributed by atoms with van der Waals surface area (Å²) in [5.41, 5.74) is 1.09. The van der Waals surface area contributed by atoms with Crippen LogP contribution in [0.5, 0.6) is 0 Å². The molecule has 6 nitrogen and oxygen atoms in total. The topological polar surface area (TPSA) is 83.6 Å². The molecule has 2 aromatic rings. The van der Waals surface area contributed by atoms with E-state index >= 15 is 0 Å². The molecule has 0 saturated carbocycles. The highest BCUT2D eigenvalue weighted by Gasteiger charge is 2.30. The molecule has 0 aliphatic rings. The van der Waals surface area contributed by atoms with Gasteiger partial charge in [-0.15, -0.1) is 0 Å². The van der Waals surface area contributed by atoms with Crippen molar-refractivity contribution in [2.75, 3.05) is 7.05 Å². The van der Waals surface area contributed by atoms with Crippen LogP contribution < -0.4 is 0 Å². The Hall–Kier alpha value is -1.70. The van der Waals surface area contributed by atoms with Gasteiger partial charge in [-0.3, -0.25) is 4.98 Å². The second-order valence-corrected chi connectivity index (χ2v) is 6.78. The van der Waals surface area contributed by atoms with E-state index in [4.69, 9.17) is 4.42 Å². The second kappa shape index (κ2) is 5.97. The van der Waals surface area contributed by atoms with Crippen LogP contribution in [0.4, 0.5) is 0 Å². The van der Waals surface area contributed by atoms with Crippen LogP contribution in [0.3, 0.4) is 0 Å². The molecule has 2 heterocycles. The molecule has 0 atom stereocenters. The molecule has 0 aliphatic heterocycles. The van der Waals surface area contributed by atoms with Crippen molar-refractivity contribution >= 4 is 10.0 Å². The lowest BCUT2D eigenvalue weighted by atomic mass is 10.2. The molecule has 0 fully saturated rings. The highest BCUT2D eigenvalue weighted by atomic mass is 32.2. The van der Waals surface area contributed by atoms with Crippen LogP contribution in [0.25, 0.3) is 0 Å². The second-order valence-electron chi connectivity index (χ2n) is 4.80. The van der Waals surface area contributed by atoms with E-state index in [0.29, 0.717) is 11.3 Å². The van der Waals surface area contributed by atoms with Gasteiger partial charge in [-0.25, -0.2) is 8.42 Å². The Morgan fingerprint density at radius 3 is 2.62 bits per heavy atom. The Morgan fingerprint density at radius 1 is 1.33 bits per heavy atom. The lowest BCUT2D eigenvalue weighted by molar-refractivity contribution is 0.276. The number of rotatable bonds is 5. The van der Waals surface area contributed by atoms with Gasteiger partial charge in [0.1, 0.15) is 16.4 Å². The van der Waals surface area contributed by atoms with Gasteiger partial charge in [0.15, 0.2) is 0 Å². The van der Waals surface area contributed by atoms with Crippen LogP contribution >= 0.6 is 0 Å². The quantitative estimate of drug-likeness (QED) is 0.907. The van der Waals surface area contributed by atoms with Crippen LogP contribution in [0.15, 0.2) is 33.8 Å². The first kappa shape index (κ1) is 15.7.